The standard InChI is InChI=1S/C16H18N2O3/c1-11-2-7-15(19)14(10-11)16(20)18-12-3-5-13(6-4-12)21-9-8-17/h2-7,10,19H,8-9,17H2,1H3,(H,18,20). The summed E-state index contributed by atoms with van der Waals surface area (Å²) in [5, 5.41) is 12.5. The number of aryl methyl sites for hydroxylation is 1. The van der Waals surface area contributed by atoms with Gasteiger partial charge >= 0.3 is 0 Å². The first-order valence-electron chi connectivity index (χ1n) is 6.64. The maximum atomic E-state index is 12.1. The van der Waals surface area contributed by atoms with E-state index in [4.69, 9.17) is 10.5 Å². The monoisotopic (exact) mass is 286 g/mol. The van der Waals surface area contributed by atoms with Gasteiger partial charge in [-0.2, -0.15) is 0 Å². The number of benzene rings is 2. The van der Waals surface area contributed by atoms with Gasteiger partial charge in [0.15, 0.2) is 0 Å². The Bertz CT molecular complexity index is 624. The summed E-state index contributed by atoms with van der Waals surface area (Å²) in [6, 6.07) is 11.9. The fourth-order valence-electron chi connectivity index (χ4n) is 1.84. The minimum absolute atomic E-state index is 0.0407. The van der Waals surface area contributed by atoms with Crippen molar-refractivity contribution in [3.63, 3.8) is 0 Å². The molecule has 0 aromatic heterocycles. The van der Waals surface area contributed by atoms with Gasteiger partial charge in [0.2, 0.25) is 0 Å². The van der Waals surface area contributed by atoms with Gasteiger partial charge in [0.25, 0.3) is 5.91 Å². The number of ether oxygens (including phenoxy) is 1. The molecule has 21 heavy (non-hydrogen) atoms. The zero-order chi connectivity index (χ0) is 15.2. The third-order valence-electron chi connectivity index (χ3n) is 2.90. The van der Waals surface area contributed by atoms with Crippen LogP contribution in [0.4, 0.5) is 5.69 Å². The lowest BCUT2D eigenvalue weighted by molar-refractivity contribution is 0.102. The third-order valence-corrected chi connectivity index (χ3v) is 2.90. The van der Waals surface area contributed by atoms with Crippen molar-refractivity contribution in [2.45, 2.75) is 6.92 Å². The van der Waals surface area contributed by atoms with Crippen LogP contribution in [0.2, 0.25) is 0 Å². The number of phenols is 1. The molecule has 0 heterocycles. The number of anilines is 1. The fourth-order valence-corrected chi connectivity index (χ4v) is 1.84. The largest absolute Gasteiger partial charge is 0.507 e. The van der Waals surface area contributed by atoms with E-state index in [1.165, 1.54) is 6.07 Å². The average Bonchev–Trinajstić information content (AvgIpc) is 2.49. The lowest BCUT2D eigenvalue weighted by Crippen LogP contribution is -2.12. The number of phenolic OH excluding ortho intramolecular Hbond substituents is 1. The van der Waals surface area contributed by atoms with Crippen LogP contribution < -0.4 is 15.8 Å². The van der Waals surface area contributed by atoms with Crippen LogP contribution in [-0.4, -0.2) is 24.2 Å². The zero-order valence-electron chi connectivity index (χ0n) is 11.8. The molecule has 0 fully saturated rings. The summed E-state index contributed by atoms with van der Waals surface area (Å²) >= 11 is 0. The molecule has 0 atom stereocenters. The van der Waals surface area contributed by atoms with Gasteiger partial charge in [0.05, 0.1) is 5.56 Å². The highest BCUT2D eigenvalue weighted by Gasteiger charge is 2.11. The second kappa shape index (κ2) is 6.76. The summed E-state index contributed by atoms with van der Waals surface area (Å²) in [7, 11) is 0. The number of nitrogens with one attached hydrogen (secondary N) is 1. The van der Waals surface area contributed by atoms with Crippen LogP contribution in [0.3, 0.4) is 0 Å². The molecule has 110 valence electrons. The summed E-state index contributed by atoms with van der Waals surface area (Å²) in [4.78, 5) is 12.1. The fraction of sp³-hybridized carbons (Fsp3) is 0.188. The maximum absolute atomic E-state index is 12.1. The molecule has 1 amide bonds. The van der Waals surface area contributed by atoms with Crippen LogP contribution in [0.15, 0.2) is 42.5 Å². The number of nitrogens with two attached hydrogens (primary N) is 1. The molecular formula is C16H18N2O3. The number of hydrogen-bond donors (Lipinski definition) is 3. The topological polar surface area (TPSA) is 84.6 Å². The van der Waals surface area contributed by atoms with E-state index in [2.05, 4.69) is 5.32 Å². The summed E-state index contributed by atoms with van der Waals surface area (Å²) in [5.41, 5.74) is 7.14. The first-order valence-corrected chi connectivity index (χ1v) is 6.64. The summed E-state index contributed by atoms with van der Waals surface area (Å²) < 4.78 is 5.36. The van der Waals surface area contributed by atoms with Gasteiger partial charge in [-0.15, -0.1) is 0 Å². The van der Waals surface area contributed by atoms with Gasteiger partial charge in [0.1, 0.15) is 18.1 Å². The van der Waals surface area contributed by atoms with Crippen molar-refractivity contribution >= 4 is 11.6 Å². The Morgan fingerprint density at radius 1 is 1.24 bits per heavy atom. The lowest BCUT2D eigenvalue weighted by Gasteiger charge is -2.09. The van der Waals surface area contributed by atoms with Crippen LogP contribution in [-0.2, 0) is 0 Å². The normalized spacial score (nSPS) is 10.2. The van der Waals surface area contributed by atoms with E-state index >= 15 is 0 Å². The molecule has 4 N–H and O–H groups in total. The molecule has 0 aliphatic heterocycles. The summed E-state index contributed by atoms with van der Waals surface area (Å²) in [6.45, 7) is 2.76. The number of hydrogen-bond acceptors (Lipinski definition) is 4. The van der Waals surface area contributed by atoms with Crippen molar-refractivity contribution in [1.82, 2.24) is 0 Å². The molecule has 5 nitrogen and oxygen atoms in total. The van der Waals surface area contributed by atoms with Gasteiger partial charge < -0.3 is 20.9 Å². The van der Waals surface area contributed by atoms with E-state index in [0.29, 0.717) is 24.6 Å². The molecule has 5 heteroatoms. The number of rotatable bonds is 5. The van der Waals surface area contributed by atoms with Crippen molar-refractivity contribution in [2.75, 3.05) is 18.5 Å². The molecule has 0 radical (unpaired) electrons. The van der Waals surface area contributed by atoms with Crippen molar-refractivity contribution < 1.29 is 14.6 Å². The average molecular weight is 286 g/mol. The number of carbonyl (C=O) groups is 1. The quantitative estimate of drug-likeness (QED) is 0.787. The Labute approximate surface area is 123 Å². The molecule has 2 aromatic rings. The molecule has 2 aromatic carbocycles. The second-order valence-electron chi connectivity index (χ2n) is 4.64. The van der Waals surface area contributed by atoms with E-state index in [1.54, 1.807) is 36.4 Å². The highest BCUT2D eigenvalue weighted by molar-refractivity contribution is 6.06. The number of amides is 1. The molecular weight excluding hydrogens is 268 g/mol. The van der Waals surface area contributed by atoms with Crippen LogP contribution in [0, 0.1) is 6.92 Å². The Hall–Kier alpha value is -2.53. The van der Waals surface area contributed by atoms with Crippen LogP contribution in [0.5, 0.6) is 11.5 Å². The van der Waals surface area contributed by atoms with Crippen molar-refractivity contribution in [1.29, 1.82) is 0 Å². The molecule has 0 unspecified atom stereocenters. The van der Waals surface area contributed by atoms with Gasteiger partial charge in [-0.05, 0) is 43.3 Å². The summed E-state index contributed by atoms with van der Waals surface area (Å²) in [6.07, 6.45) is 0. The van der Waals surface area contributed by atoms with Crippen LogP contribution >= 0.6 is 0 Å². The molecule has 0 aliphatic rings. The summed E-state index contributed by atoms with van der Waals surface area (Å²) in [5.74, 6) is 0.296. The predicted molar refractivity (Wildman–Crippen MR) is 81.8 cm³/mol. The first-order chi connectivity index (χ1) is 10.1. The Balaban J connectivity index is 2.07. The highest BCUT2D eigenvalue weighted by Crippen LogP contribution is 2.21. The Morgan fingerprint density at radius 2 is 1.95 bits per heavy atom. The number of carbonyl (C=O) groups excluding carboxylic acids is 1. The molecule has 0 bridgehead atoms. The van der Waals surface area contributed by atoms with E-state index in [-0.39, 0.29) is 17.2 Å². The van der Waals surface area contributed by atoms with Gasteiger partial charge in [-0.3, -0.25) is 4.79 Å². The first kappa shape index (κ1) is 14.9. The lowest BCUT2D eigenvalue weighted by atomic mass is 10.1. The Kier molecular flexibility index (Phi) is 4.79. The minimum Gasteiger partial charge on any atom is -0.507 e. The maximum Gasteiger partial charge on any atom is 0.259 e. The van der Waals surface area contributed by atoms with Gasteiger partial charge in [-0.25, -0.2) is 0 Å². The SMILES string of the molecule is Cc1ccc(O)c(C(=O)Nc2ccc(OCCN)cc2)c1. The predicted octanol–water partition coefficient (Wildman–Crippen LogP) is 2.29. The smallest absolute Gasteiger partial charge is 0.259 e. The molecule has 2 rings (SSSR count). The molecule has 0 saturated carbocycles. The molecule has 0 aliphatic carbocycles. The van der Waals surface area contributed by atoms with Crippen LogP contribution in [0.1, 0.15) is 15.9 Å². The van der Waals surface area contributed by atoms with E-state index in [9.17, 15) is 9.90 Å². The van der Waals surface area contributed by atoms with Crippen molar-refractivity contribution in [2.24, 2.45) is 5.73 Å². The Morgan fingerprint density at radius 3 is 2.62 bits per heavy atom. The molecule has 0 saturated heterocycles. The number of aromatic hydroxyl groups is 1. The minimum atomic E-state index is -0.355. The van der Waals surface area contributed by atoms with E-state index in [1.807, 2.05) is 6.92 Å². The van der Waals surface area contributed by atoms with E-state index < -0.39 is 0 Å². The zero-order valence-corrected chi connectivity index (χ0v) is 11.8. The van der Waals surface area contributed by atoms with Gasteiger partial charge in [0, 0.05) is 12.2 Å². The molecule has 0 spiro atoms. The van der Waals surface area contributed by atoms with E-state index in [0.717, 1.165) is 5.56 Å². The second-order valence-corrected chi connectivity index (χ2v) is 4.64. The van der Waals surface area contributed by atoms with Crippen LogP contribution in [0.25, 0.3) is 0 Å². The van der Waals surface area contributed by atoms with Crippen molar-refractivity contribution in [3.8, 4) is 11.5 Å². The highest BCUT2D eigenvalue weighted by atomic mass is 16.5. The third kappa shape index (κ3) is 3.97. The van der Waals surface area contributed by atoms with Gasteiger partial charge in [-0.1, -0.05) is 11.6 Å². The van der Waals surface area contributed by atoms with Crippen molar-refractivity contribution in [3.05, 3.63) is 53.6 Å².